The molecule has 1 fully saturated rings. The van der Waals surface area contributed by atoms with Gasteiger partial charge in [0.2, 0.25) is 5.91 Å². The lowest BCUT2D eigenvalue weighted by Gasteiger charge is -2.30. The number of amides is 1. The van der Waals surface area contributed by atoms with Crippen LogP contribution < -0.4 is 4.74 Å². The molecule has 0 saturated heterocycles. The molecule has 3 aromatic rings. The first-order chi connectivity index (χ1) is 18.0. The van der Waals surface area contributed by atoms with E-state index in [0.717, 1.165) is 75.4 Å². The van der Waals surface area contributed by atoms with Crippen LogP contribution in [0.3, 0.4) is 0 Å². The van der Waals surface area contributed by atoms with Crippen LogP contribution in [0.15, 0.2) is 54.6 Å². The van der Waals surface area contributed by atoms with Gasteiger partial charge in [-0.25, -0.2) is 4.68 Å². The summed E-state index contributed by atoms with van der Waals surface area (Å²) in [6.45, 7) is 8.44. The van der Waals surface area contributed by atoms with Gasteiger partial charge in [-0.3, -0.25) is 9.69 Å². The summed E-state index contributed by atoms with van der Waals surface area (Å²) >= 11 is 0. The van der Waals surface area contributed by atoms with E-state index in [1.54, 1.807) is 7.11 Å². The molecule has 1 saturated carbocycles. The van der Waals surface area contributed by atoms with Gasteiger partial charge in [0.25, 0.3) is 0 Å². The predicted octanol–water partition coefficient (Wildman–Crippen LogP) is 5.61. The second kappa shape index (κ2) is 11.5. The summed E-state index contributed by atoms with van der Waals surface area (Å²) in [6.07, 6.45) is 5.28. The monoisotopic (exact) mass is 500 g/mol. The minimum Gasteiger partial charge on any atom is -0.494 e. The van der Waals surface area contributed by atoms with E-state index in [4.69, 9.17) is 9.84 Å². The summed E-state index contributed by atoms with van der Waals surface area (Å²) < 4.78 is 7.78. The van der Waals surface area contributed by atoms with Crippen LogP contribution in [0.4, 0.5) is 0 Å². The highest BCUT2D eigenvalue weighted by atomic mass is 16.5. The summed E-state index contributed by atoms with van der Waals surface area (Å²) in [5.74, 6) is 1.70. The fourth-order valence-corrected chi connectivity index (χ4v) is 5.93. The highest BCUT2D eigenvalue weighted by Gasteiger charge is 2.31. The van der Waals surface area contributed by atoms with Crippen molar-refractivity contribution in [3.05, 3.63) is 77.1 Å². The first-order valence-electron chi connectivity index (χ1n) is 13.8. The fourth-order valence-electron chi connectivity index (χ4n) is 5.93. The third kappa shape index (κ3) is 5.74. The van der Waals surface area contributed by atoms with Crippen LogP contribution in [-0.2, 0) is 30.8 Å². The molecule has 1 aliphatic carbocycles. The average molecular weight is 501 g/mol. The molecule has 0 spiro atoms. The molecule has 37 heavy (non-hydrogen) atoms. The van der Waals surface area contributed by atoms with Gasteiger partial charge < -0.3 is 9.64 Å². The van der Waals surface area contributed by atoms with Crippen LogP contribution in [0.1, 0.15) is 62.0 Å². The number of para-hydroxylation sites is 2. The second-order valence-corrected chi connectivity index (χ2v) is 11.0. The van der Waals surface area contributed by atoms with Gasteiger partial charge in [-0.05, 0) is 36.5 Å². The molecule has 5 rings (SSSR count). The van der Waals surface area contributed by atoms with Gasteiger partial charge in [-0.1, -0.05) is 69.2 Å². The quantitative estimate of drug-likeness (QED) is 0.383. The maximum absolute atomic E-state index is 13.6. The van der Waals surface area contributed by atoms with E-state index >= 15 is 0 Å². The van der Waals surface area contributed by atoms with Crippen molar-refractivity contribution >= 4 is 5.91 Å². The second-order valence-electron chi connectivity index (χ2n) is 11.0. The number of benzene rings is 2. The Balaban J connectivity index is 1.50. The van der Waals surface area contributed by atoms with Gasteiger partial charge in [0.1, 0.15) is 11.4 Å². The van der Waals surface area contributed by atoms with Crippen molar-refractivity contribution in [3.8, 4) is 11.4 Å². The standard InChI is InChI=1S/C31H40N4O2/c1-23(2)19-34(31(36)25-13-7-8-14-25)22-27-26-21-33(20-24-11-5-4-6-12-24)18-17-28(26)35(32-27)29-15-9-10-16-30(29)37-3/h4-6,9-12,15-16,23,25H,7-8,13-14,17-22H2,1-3H3. The third-order valence-corrected chi connectivity index (χ3v) is 7.72. The molecule has 1 amide bonds. The molecule has 1 aliphatic heterocycles. The molecule has 2 aliphatic rings. The summed E-state index contributed by atoms with van der Waals surface area (Å²) in [6, 6.07) is 18.7. The minimum atomic E-state index is 0.167. The molecule has 6 nitrogen and oxygen atoms in total. The third-order valence-electron chi connectivity index (χ3n) is 7.72. The van der Waals surface area contributed by atoms with Gasteiger partial charge in [0, 0.05) is 44.1 Å². The first kappa shape index (κ1) is 25.5. The largest absolute Gasteiger partial charge is 0.494 e. The van der Waals surface area contributed by atoms with Crippen LogP contribution in [0, 0.1) is 11.8 Å². The highest BCUT2D eigenvalue weighted by Crippen LogP contribution is 2.32. The molecule has 6 heteroatoms. The number of fused-ring (bicyclic) bond motifs is 1. The zero-order valence-electron chi connectivity index (χ0n) is 22.5. The SMILES string of the molecule is COc1ccccc1-n1nc(CN(CC(C)C)C(=O)C2CCCC2)c2c1CCN(Cc1ccccc1)C2. The van der Waals surface area contributed by atoms with E-state index in [-0.39, 0.29) is 5.92 Å². The van der Waals surface area contributed by atoms with Crippen LogP contribution in [0.25, 0.3) is 5.69 Å². The maximum atomic E-state index is 13.6. The topological polar surface area (TPSA) is 50.6 Å². The molecule has 0 bridgehead atoms. The number of rotatable bonds is 9. The number of ether oxygens (including phenoxy) is 1. The Bertz CT molecular complexity index is 1200. The van der Waals surface area contributed by atoms with Gasteiger partial charge in [-0.2, -0.15) is 5.10 Å². The molecule has 1 aromatic heterocycles. The molecule has 0 N–H and O–H groups in total. The Morgan fingerprint density at radius 2 is 1.81 bits per heavy atom. The van der Waals surface area contributed by atoms with E-state index < -0.39 is 0 Å². The van der Waals surface area contributed by atoms with Crippen molar-refractivity contribution in [1.82, 2.24) is 19.6 Å². The summed E-state index contributed by atoms with van der Waals surface area (Å²) in [5, 5.41) is 5.18. The molecular weight excluding hydrogens is 460 g/mol. The van der Waals surface area contributed by atoms with Crippen LogP contribution >= 0.6 is 0 Å². The number of hydrogen-bond donors (Lipinski definition) is 0. The van der Waals surface area contributed by atoms with Gasteiger partial charge in [0.05, 0.1) is 25.0 Å². The molecule has 0 unspecified atom stereocenters. The van der Waals surface area contributed by atoms with Crippen molar-refractivity contribution in [2.75, 3.05) is 20.2 Å². The lowest BCUT2D eigenvalue weighted by atomic mass is 10.0. The molecule has 2 aromatic carbocycles. The molecule has 2 heterocycles. The zero-order valence-corrected chi connectivity index (χ0v) is 22.5. The summed E-state index contributed by atoms with van der Waals surface area (Å²) in [5.41, 5.74) is 5.80. The van der Waals surface area contributed by atoms with Crippen molar-refractivity contribution in [1.29, 1.82) is 0 Å². The summed E-state index contributed by atoms with van der Waals surface area (Å²) in [4.78, 5) is 18.2. The predicted molar refractivity (Wildman–Crippen MR) is 147 cm³/mol. The Labute approximate surface area is 221 Å². The maximum Gasteiger partial charge on any atom is 0.226 e. The van der Waals surface area contributed by atoms with Crippen LogP contribution in [0.2, 0.25) is 0 Å². The van der Waals surface area contributed by atoms with Gasteiger partial charge in [0.15, 0.2) is 0 Å². The lowest BCUT2D eigenvalue weighted by Crippen LogP contribution is -2.38. The Hall–Kier alpha value is -3.12. The zero-order chi connectivity index (χ0) is 25.8. The molecule has 0 radical (unpaired) electrons. The average Bonchev–Trinajstić information content (AvgIpc) is 3.57. The molecular formula is C31H40N4O2. The van der Waals surface area contributed by atoms with Gasteiger partial charge in [-0.15, -0.1) is 0 Å². The number of carbonyl (C=O) groups is 1. The Morgan fingerprint density at radius 1 is 1.08 bits per heavy atom. The van der Waals surface area contributed by atoms with Crippen LogP contribution in [0.5, 0.6) is 5.75 Å². The summed E-state index contributed by atoms with van der Waals surface area (Å²) in [7, 11) is 1.71. The Morgan fingerprint density at radius 3 is 2.54 bits per heavy atom. The molecule has 196 valence electrons. The van der Waals surface area contributed by atoms with E-state index in [1.807, 2.05) is 18.2 Å². The van der Waals surface area contributed by atoms with E-state index in [0.29, 0.717) is 18.4 Å². The number of carbonyl (C=O) groups excluding carboxylic acids is 1. The van der Waals surface area contributed by atoms with E-state index in [2.05, 4.69) is 64.7 Å². The number of aromatic nitrogens is 2. The van der Waals surface area contributed by atoms with Crippen molar-refractivity contribution in [2.24, 2.45) is 11.8 Å². The lowest BCUT2D eigenvalue weighted by molar-refractivity contribution is -0.136. The van der Waals surface area contributed by atoms with Crippen LogP contribution in [-0.4, -0.2) is 45.7 Å². The van der Waals surface area contributed by atoms with Crippen molar-refractivity contribution in [2.45, 2.75) is 65.6 Å². The van der Waals surface area contributed by atoms with Crippen molar-refractivity contribution < 1.29 is 9.53 Å². The van der Waals surface area contributed by atoms with E-state index in [1.165, 1.54) is 16.8 Å². The van der Waals surface area contributed by atoms with Crippen molar-refractivity contribution in [3.63, 3.8) is 0 Å². The molecule has 0 atom stereocenters. The Kier molecular flexibility index (Phi) is 7.94. The normalized spacial score (nSPS) is 16.2. The fraction of sp³-hybridized carbons (Fsp3) is 0.484. The highest BCUT2D eigenvalue weighted by molar-refractivity contribution is 5.79. The smallest absolute Gasteiger partial charge is 0.226 e. The van der Waals surface area contributed by atoms with E-state index in [9.17, 15) is 4.79 Å². The first-order valence-corrected chi connectivity index (χ1v) is 13.8. The van der Waals surface area contributed by atoms with Gasteiger partial charge >= 0.3 is 0 Å². The minimum absolute atomic E-state index is 0.167. The number of methoxy groups -OCH3 is 1. The number of hydrogen-bond acceptors (Lipinski definition) is 4. The number of nitrogens with zero attached hydrogens (tertiary/aromatic N) is 4.